The summed E-state index contributed by atoms with van der Waals surface area (Å²) in [6.07, 6.45) is 2.51. The van der Waals surface area contributed by atoms with Crippen molar-refractivity contribution in [3.8, 4) is 0 Å². The van der Waals surface area contributed by atoms with Crippen LogP contribution in [-0.4, -0.2) is 23.7 Å². The number of nitrogens with zero attached hydrogens (tertiary/aromatic N) is 2. The second-order valence-electron chi connectivity index (χ2n) is 4.72. The van der Waals surface area contributed by atoms with Crippen LogP contribution in [0, 0.1) is 5.92 Å². The van der Waals surface area contributed by atoms with Gasteiger partial charge in [-0.1, -0.05) is 13.8 Å². The van der Waals surface area contributed by atoms with Gasteiger partial charge in [-0.25, -0.2) is 0 Å². The number of aromatic nitrogens is 1. The molecule has 0 saturated heterocycles. The third kappa shape index (κ3) is 3.81. The Morgan fingerprint density at radius 3 is 2.44 bits per heavy atom. The van der Waals surface area contributed by atoms with Crippen LogP contribution in [0.25, 0.3) is 0 Å². The standard InChI is InChI=1S/C13H22N2O/c1-10(2)7-8-15(4)12-5-6-13(11(3)16)14-9-12/h5-6,9-11,16H,7-8H2,1-4H3. The first kappa shape index (κ1) is 13.0. The molecule has 1 atom stereocenters. The second-order valence-corrected chi connectivity index (χ2v) is 4.72. The van der Waals surface area contributed by atoms with Crippen molar-refractivity contribution >= 4 is 5.69 Å². The lowest BCUT2D eigenvalue weighted by Gasteiger charge is -2.20. The lowest BCUT2D eigenvalue weighted by molar-refractivity contribution is 0.194. The van der Waals surface area contributed by atoms with E-state index in [0.29, 0.717) is 5.92 Å². The number of anilines is 1. The first-order chi connectivity index (χ1) is 7.50. The minimum absolute atomic E-state index is 0.491. The second kappa shape index (κ2) is 5.85. The van der Waals surface area contributed by atoms with Gasteiger partial charge in [0.05, 0.1) is 23.7 Å². The van der Waals surface area contributed by atoms with Gasteiger partial charge in [0.1, 0.15) is 0 Å². The van der Waals surface area contributed by atoms with E-state index in [0.717, 1.165) is 17.9 Å². The first-order valence-corrected chi connectivity index (χ1v) is 5.86. The Labute approximate surface area is 98.1 Å². The predicted molar refractivity (Wildman–Crippen MR) is 67.6 cm³/mol. The van der Waals surface area contributed by atoms with Gasteiger partial charge in [0.15, 0.2) is 0 Å². The fourth-order valence-electron chi connectivity index (χ4n) is 1.45. The molecule has 0 fully saturated rings. The zero-order valence-electron chi connectivity index (χ0n) is 10.6. The SMILES string of the molecule is CC(C)CCN(C)c1ccc(C(C)O)nc1. The van der Waals surface area contributed by atoms with Crippen LogP contribution in [0.5, 0.6) is 0 Å². The van der Waals surface area contributed by atoms with E-state index in [4.69, 9.17) is 0 Å². The van der Waals surface area contributed by atoms with E-state index in [9.17, 15) is 5.11 Å². The Hall–Kier alpha value is -1.09. The molecule has 0 aliphatic carbocycles. The van der Waals surface area contributed by atoms with Gasteiger partial charge in [-0.05, 0) is 31.4 Å². The first-order valence-electron chi connectivity index (χ1n) is 5.86. The largest absolute Gasteiger partial charge is 0.387 e. The molecule has 0 aliphatic rings. The van der Waals surface area contributed by atoms with Gasteiger partial charge in [-0.2, -0.15) is 0 Å². The van der Waals surface area contributed by atoms with Crippen LogP contribution in [0.15, 0.2) is 18.3 Å². The number of aliphatic hydroxyl groups is 1. The van der Waals surface area contributed by atoms with Crippen molar-refractivity contribution in [3.05, 3.63) is 24.0 Å². The molecule has 0 radical (unpaired) electrons. The van der Waals surface area contributed by atoms with Gasteiger partial charge < -0.3 is 10.0 Å². The normalized spacial score (nSPS) is 12.9. The van der Waals surface area contributed by atoms with Crippen LogP contribution in [0.3, 0.4) is 0 Å². The molecule has 90 valence electrons. The summed E-state index contributed by atoms with van der Waals surface area (Å²) in [5.74, 6) is 0.715. The van der Waals surface area contributed by atoms with E-state index in [-0.39, 0.29) is 0 Å². The Kier molecular flexibility index (Phi) is 4.74. The Morgan fingerprint density at radius 1 is 1.31 bits per heavy atom. The van der Waals surface area contributed by atoms with E-state index in [1.165, 1.54) is 6.42 Å². The summed E-state index contributed by atoms with van der Waals surface area (Å²) >= 11 is 0. The van der Waals surface area contributed by atoms with Gasteiger partial charge in [0.25, 0.3) is 0 Å². The summed E-state index contributed by atoms with van der Waals surface area (Å²) in [5, 5.41) is 9.35. The van der Waals surface area contributed by atoms with Gasteiger partial charge in [0.2, 0.25) is 0 Å². The maximum Gasteiger partial charge on any atom is 0.0931 e. The molecule has 1 heterocycles. The fourth-order valence-corrected chi connectivity index (χ4v) is 1.45. The number of hydrogen-bond donors (Lipinski definition) is 1. The Balaban J connectivity index is 2.59. The average molecular weight is 222 g/mol. The summed E-state index contributed by atoms with van der Waals surface area (Å²) < 4.78 is 0. The summed E-state index contributed by atoms with van der Waals surface area (Å²) in [6, 6.07) is 3.89. The lowest BCUT2D eigenvalue weighted by atomic mass is 10.1. The minimum Gasteiger partial charge on any atom is -0.387 e. The van der Waals surface area contributed by atoms with Gasteiger partial charge in [-0.3, -0.25) is 4.98 Å². The molecule has 1 aromatic heterocycles. The van der Waals surface area contributed by atoms with Crippen LogP contribution in [0.2, 0.25) is 0 Å². The van der Waals surface area contributed by atoms with Crippen LogP contribution >= 0.6 is 0 Å². The highest BCUT2D eigenvalue weighted by Crippen LogP contribution is 2.16. The number of hydrogen-bond acceptors (Lipinski definition) is 3. The zero-order chi connectivity index (χ0) is 12.1. The summed E-state index contributed by atoms with van der Waals surface area (Å²) in [5.41, 5.74) is 1.83. The molecule has 3 heteroatoms. The monoisotopic (exact) mass is 222 g/mol. The molecular weight excluding hydrogens is 200 g/mol. The molecular formula is C13H22N2O. The third-order valence-electron chi connectivity index (χ3n) is 2.68. The summed E-state index contributed by atoms with van der Waals surface area (Å²) in [6.45, 7) is 7.21. The van der Waals surface area contributed by atoms with Crippen molar-refractivity contribution in [1.29, 1.82) is 0 Å². The molecule has 16 heavy (non-hydrogen) atoms. The van der Waals surface area contributed by atoms with Crippen molar-refractivity contribution in [2.24, 2.45) is 5.92 Å². The molecule has 3 nitrogen and oxygen atoms in total. The van der Waals surface area contributed by atoms with E-state index in [1.54, 1.807) is 6.92 Å². The van der Waals surface area contributed by atoms with E-state index in [1.807, 2.05) is 18.3 Å². The molecule has 0 aliphatic heterocycles. The highest BCUT2D eigenvalue weighted by atomic mass is 16.3. The summed E-state index contributed by atoms with van der Waals surface area (Å²) in [7, 11) is 2.07. The molecule has 0 spiro atoms. The highest BCUT2D eigenvalue weighted by Gasteiger charge is 2.05. The van der Waals surface area contributed by atoms with Crippen LogP contribution in [-0.2, 0) is 0 Å². The van der Waals surface area contributed by atoms with Gasteiger partial charge in [-0.15, -0.1) is 0 Å². The third-order valence-corrected chi connectivity index (χ3v) is 2.68. The zero-order valence-corrected chi connectivity index (χ0v) is 10.6. The van der Waals surface area contributed by atoms with Crippen molar-refractivity contribution < 1.29 is 5.11 Å². The van der Waals surface area contributed by atoms with Crippen molar-refractivity contribution in [3.63, 3.8) is 0 Å². The van der Waals surface area contributed by atoms with Crippen LogP contribution in [0.4, 0.5) is 5.69 Å². The van der Waals surface area contributed by atoms with Crippen LogP contribution < -0.4 is 4.90 Å². The maximum absolute atomic E-state index is 9.35. The van der Waals surface area contributed by atoms with Gasteiger partial charge >= 0.3 is 0 Å². The molecule has 1 N–H and O–H groups in total. The highest BCUT2D eigenvalue weighted by molar-refractivity contribution is 5.43. The summed E-state index contributed by atoms with van der Waals surface area (Å²) in [4.78, 5) is 6.43. The molecule has 1 rings (SSSR count). The molecule has 0 aromatic carbocycles. The van der Waals surface area contributed by atoms with Crippen molar-refractivity contribution in [2.75, 3.05) is 18.5 Å². The predicted octanol–water partition coefficient (Wildman–Crippen LogP) is 2.62. The van der Waals surface area contributed by atoms with Crippen molar-refractivity contribution in [1.82, 2.24) is 4.98 Å². The maximum atomic E-state index is 9.35. The number of aliphatic hydroxyl groups excluding tert-OH is 1. The van der Waals surface area contributed by atoms with E-state index < -0.39 is 6.10 Å². The van der Waals surface area contributed by atoms with E-state index in [2.05, 4.69) is 30.8 Å². The Morgan fingerprint density at radius 2 is 2.00 bits per heavy atom. The number of rotatable bonds is 5. The number of pyridine rings is 1. The smallest absolute Gasteiger partial charge is 0.0931 e. The molecule has 0 bridgehead atoms. The minimum atomic E-state index is -0.491. The molecule has 1 aromatic rings. The quantitative estimate of drug-likeness (QED) is 0.832. The Bertz CT molecular complexity index is 306. The lowest BCUT2D eigenvalue weighted by Crippen LogP contribution is -2.20. The molecule has 0 amide bonds. The van der Waals surface area contributed by atoms with Crippen LogP contribution in [0.1, 0.15) is 39.0 Å². The van der Waals surface area contributed by atoms with Crippen molar-refractivity contribution in [2.45, 2.75) is 33.3 Å². The molecule has 0 saturated carbocycles. The van der Waals surface area contributed by atoms with Gasteiger partial charge in [0, 0.05) is 13.6 Å². The topological polar surface area (TPSA) is 36.4 Å². The average Bonchev–Trinajstić information content (AvgIpc) is 2.26. The van der Waals surface area contributed by atoms with E-state index >= 15 is 0 Å². The fraction of sp³-hybridized carbons (Fsp3) is 0.615. The molecule has 1 unspecified atom stereocenters.